The average Bonchev–Trinajstić information content (AvgIpc) is 2.65. The number of rotatable bonds is 5. The molecule has 1 aromatic carbocycles. The maximum Gasteiger partial charge on any atom is 0.250 e. The number of carbonyl (C=O) groups excluding carboxylic acids is 1. The van der Waals surface area contributed by atoms with Crippen LogP contribution in [0.5, 0.6) is 0 Å². The van der Waals surface area contributed by atoms with Gasteiger partial charge in [-0.1, -0.05) is 6.07 Å². The number of hydrogen-bond donors (Lipinski definition) is 0. The molecule has 0 spiro atoms. The van der Waals surface area contributed by atoms with Gasteiger partial charge in [0.15, 0.2) is 17.4 Å². The molecule has 0 aliphatic carbocycles. The first-order valence-electron chi connectivity index (χ1n) is 8.12. The zero-order valence-corrected chi connectivity index (χ0v) is 14.3. The third-order valence-electron chi connectivity index (χ3n) is 4.26. The van der Waals surface area contributed by atoms with Crippen molar-refractivity contribution in [2.45, 2.75) is 12.3 Å². The smallest absolute Gasteiger partial charge is 0.250 e. The Hall–Kier alpha value is -3.22. The van der Waals surface area contributed by atoms with Gasteiger partial charge < -0.3 is 4.57 Å². The standard InChI is InChI=1S/C20H15F3N2O2/c1-25-11-13(5-7-19(25)27)18(26)10-14(20-16(22)3-2-8-24-20)12-4-6-15(21)17(23)9-12/h2-9,11,14H,10H2,1H3/t14-/m0/s1. The fraction of sp³-hybridized carbons (Fsp3) is 0.150. The minimum absolute atomic E-state index is 0.0401. The van der Waals surface area contributed by atoms with Crippen LogP contribution < -0.4 is 5.56 Å². The summed E-state index contributed by atoms with van der Waals surface area (Å²) in [5.41, 5.74) is 0.159. The molecule has 2 aromatic heterocycles. The maximum absolute atomic E-state index is 14.3. The van der Waals surface area contributed by atoms with E-state index in [2.05, 4.69) is 4.98 Å². The van der Waals surface area contributed by atoms with Crippen molar-refractivity contribution in [2.75, 3.05) is 0 Å². The molecular weight excluding hydrogens is 357 g/mol. The highest BCUT2D eigenvalue weighted by Gasteiger charge is 2.24. The zero-order chi connectivity index (χ0) is 19.6. The predicted octanol–water partition coefficient (Wildman–Crippen LogP) is 3.60. The van der Waals surface area contributed by atoms with Crippen LogP contribution >= 0.6 is 0 Å². The summed E-state index contributed by atoms with van der Waals surface area (Å²) in [5, 5.41) is 0. The predicted molar refractivity (Wildman–Crippen MR) is 93.0 cm³/mol. The molecule has 0 N–H and O–H groups in total. The molecule has 0 fully saturated rings. The molecule has 0 radical (unpaired) electrons. The lowest BCUT2D eigenvalue weighted by atomic mass is 9.88. The number of aryl methyl sites for hydroxylation is 1. The summed E-state index contributed by atoms with van der Waals surface area (Å²) in [6.07, 6.45) is 2.51. The molecule has 0 saturated carbocycles. The third kappa shape index (κ3) is 3.97. The van der Waals surface area contributed by atoms with Gasteiger partial charge in [-0.2, -0.15) is 0 Å². The van der Waals surface area contributed by atoms with Crippen LogP contribution in [0.3, 0.4) is 0 Å². The van der Waals surface area contributed by atoms with Crippen molar-refractivity contribution in [2.24, 2.45) is 7.05 Å². The minimum Gasteiger partial charge on any atom is -0.318 e. The van der Waals surface area contributed by atoms with Gasteiger partial charge in [0.25, 0.3) is 0 Å². The van der Waals surface area contributed by atoms with E-state index in [0.717, 1.165) is 12.1 Å². The summed E-state index contributed by atoms with van der Waals surface area (Å²) in [6.45, 7) is 0. The van der Waals surface area contributed by atoms with E-state index in [1.54, 1.807) is 0 Å². The van der Waals surface area contributed by atoms with E-state index >= 15 is 0 Å². The van der Waals surface area contributed by atoms with Gasteiger partial charge in [-0.3, -0.25) is 14.6 Å². The molecule has 7 heteroatoms. The van der Waals surface area contributed by atoms with Gasteiger partial charge in [-0.15, -0.1) is 0 Å². The van der Waals surface area contributed by atoms with Gasteiger partial charge in [0.2, 0.25) is 5.56 Å². The van der Waals surface area contributed by atoms with Crippen LogP contribution in [0.25, 0.3) is 0 Å². The first-order chi connectivity index (χ1) is 12.9. The molecule has 0 aliphatic rings. The van der Waals surface area contributed by atoms with Crippen LogP contribution in [0, 0.1) is 17.5 Å². The normalized spacial score (nSPS) is 12.0. The molecule has 0 unspecified atom stereocenters. The van der Waals surface area contributed by atoms with E-state index in [-0.39, 0.29) is 34.6 Å². The van der Waals surface area contributed by atoms with Gasteiger partial charge in [-0.05, 0) is 35.9 Å². The number of ketones is 1. The number of Topliss-reactive ketones (excluding diaryl/α,β-unsaturated/α-hetero) is 1. The number of pyridine rings is 2. The number of benzene rings is 1. The molecule has 27 heavy (non-hydrogen) atoms. The fourth-order valence-electron chi connectivity index (χ4n) is 2.82. The van der Waals surface area contributed by atoms with Crippen molar-refractivity contribution in [1.29, 1.82) is 0 Å². The number of hydrogen-bond acceptors (Lipinski definition) is 3. The Bertz CT molecular complexity index is 1060. The van der Waals surface area contributed by atoms with Crippen molar-refractivity contribution in [3.8, 4) is 0 Å². The molecule has 0 saturated heterocycles. The molecule has 138 valence electrons. The highest BCUT2D eigenvalue weighted by atomic mass is 19.2. The lowest BCUT2D eigenvalue weighted by molar-refractivity contribution is 0.0976. The van der Waals surface area contributed by atoms with Crippen molar-refractivity contribution in [3.63, 3.8) is 0 Å². The zero-order valence-electron chi connectivity index (χ0n) is 14.3. The van der Waals surface area contributed by atoms with Crippen molar-refractivity contribution in [1.82, 2.24) is 9.55 Å². The molecule has 0 bridgehead atoms. The highest BCUT2D eigenvalue weighted by Crippen LogP contribution is 2.30. The monoisotopic (exact) mass is 372 g/mol. The Morgan fingerprint density at radius 3 is 2.52 bits per heavy atom. The quantitative estimate of drug-likeness (QED) is 0.643. The summed E-state index contributed by atoms with van der Waals surface area (Å²) >= 11 is 0. The number of aromatic nitrogens is 2. The minimum atomic E-state index is -1.09. The third-order valence-corrected chi connectivity index (χ3v) is 4.26. The topological polar surface area (TPSA) is 52.0 Å². The first-order valence-corrected chi connectivity index (χ1v) is 8.12. The van der Waals surface area contributed by atoms with Crippen LogP contribution in [0.2, 0.25) is 0 Å². The maximum atomic E-state index is 14.3. The Balaban J connectivity index is 2.03. The highest BCUT2D eigenvalue weighted by molar-refractivity contribution is 5.96. The molecule has 3 aromatic rings. The number of carbonyl (C=O) groups is 1. The Kier molecular flexibility index (Phi) is 5.21. The SMILES string of the molecule is Cn1cc(C(=O)C[C@@H](c2ccc(F)c(F)c2)c2ncccc2F)ccc1=O. The van der Waals surface area contributed by atoms with Gasteiger partial charge in [0.05, 0.1) is 5.69 Å². The second kappa shape index (κ2) is 7.57. The molecular formula is C20H15F3N2O2. The van der Waals surface area contributed by atoms with Gasteiger partial charge in [0.1, 0.15) is 5.82 Å². The van der Waals surface area contributed by atoms with Crippen LogP contribution in [0.1, 0.15) is 34.0 Å². The van der Waals surface area contributed by atoms with Crippen LogP contribution in [-0.2, 0) is 7.05 Å². The molecule has 2 heterocycles. The summed E-state index contributed by atoms with van der Waals surface area (Å²) in [5.74, 6) is -4.08. The molecule has 4 nitrogen and oxygen atoms in total. The summed E-state index contributed by atoms with van der Waals surface area (Å²) in [7, 11) is 1.50. The fourth-order valence-corrected chi connectivity index (χ4v) is 2.82. The largest absolute Gasteiger partial charge is 0.318 e. The average molecular weight is 372 g/mol. The number of nitrogens with zero attached hydrogens (tertiary/aromatic N) is 2. The first kappa shape index (κ1) is 18.6. The van der Waals surface area contributed by atoms with Crippen molar-refractivity contribution in [3.05, 3.63) is 99.5 Å². The lowest BCUT2D eigenvalue weighted by Crippen LogP contribution is -2.18. The van der Waals surface area contributed by atoms with E-state index in [1.807, 2.05) is 0 Å². The molecule has 0 amide bonds. The van der Waals surface area contributed by atoms with E-state index in [9.17, 15) is 22.8 Å². The van der Waals surface area contributed by atoms with Crippen molar-refractivity contribution < 1.29 is 18.0 Å². The number of halogens is 3. The van der Waals surface area contributed by atoms with Crippen LogP contribution in [0.4, 0.5) is 13.2 Å². The van der Waals surface area contributed by atoms with E-state index in [0.29, 0.717) is 0 Å². The summed E-state index contributed by atoms with van der Waals surface area (Å²) < 4.78 is 42.5. The van der Waals surface area contributed by atoms with E-state index in [1.165, 1.54) is 54.3 Å². The Labute approximate surface area is 152 Å². The Morgan fingerprint density at radius 2 is 1.85 bits per heavy atom. The molecule has 1 atom stereocenters. The van der Waals surface area contributed by atoms with Crippen molar-refractivity contribution >= 4 is 5.78 Å². The second-order valence-electron chi connectivity index (χ2n) is 6.09. The van der Waals surface area contributed by atoms with Gasteiger partial charge in [0, 0.05) is 43.4 Å². The summed E-state index contributed by atoms with van der Waals surface area (Å²) in [4.78, 5) is 28.2. The van der Waals surface area contributed by atoms with E-state index < -0.39 is 23.4 Å². The van der Waals surface area contributed by atoms with E-state index in [4.69, 9.17) is 0 Å². The molecule has 0 aliphatic heterocycles. The second-order valence-corrected chi connectivity index (χ2v) is 6.09. The summed E-state index contributed by atoms with van der Waals surface area (Å²) in [6, 6.07) is 8.37. The Morgan fingerprint density at radius 1 is 1.07 bits per heavy atom. The van der Waals surface area contributed by atoms with Crippen LogP contribution in [-0.4, -0.2) is 15.3 Å². The molecule has 3 rings (SSSR count). The lowest BCUT2D eigenvalue weighted by Gasteiger charge is -2.17. The van der Waals surface area contributed by atoms with Crippen LogP contribution in [0.15, 0.2) is 59.7 Å². The van der Waals surface area contributed by atoms with Gasteiger partial charge in [-0.25, -0.2) is 13.2 Å². The van der Waals surface area contributed by atoms with Gasteiger partial charge >= 0.3 is 0 Å².